The summed E-state index contributed by atoms with van der Waals surface area (Å²) in [5.41, 5.74) is 3.67. The summed E-state index contributed by atoms with van der Waals surface area (Å²) in [6, 6.07) is 18.8. The molecule has 1 saturated carbocycles. The van der Waals surface area contributed by atoms with E-state index < -0.39 is 5.82 Å². The molecule has 1 aromatic heterocycles. The molecule has 3 aromatic carbocycles. The van der Waals surface area contributed by atoms with Gasteiger partial charge in [0.2, 0.25) is 0 Å². The maximum Gasteiger partial charge on any atom is 0.170 e. The number of aromatic nitrogens is 1. The highest BCUT2D eigenvalue weighted by Gasteiger charge is 2.18. The topological polar surface area (TPSA) is 40.6 Å². The van der Waals surface area contributed by atoms with Gasteiger partial charge >= 0.3 is 0 Å². The molecule has 4 aromatic rings. The van der Waals surface area contributed by atoms with E-state index in [1.165, 1.54) is 43.7 Å². The molecule has 5 heteroatoms. The van der Waals surface area contributed by atoms with Gasteiger partial charge in [0, 0.05) is 23.2 Å². The average Bonchev–Trinajstić information content (AvgIpc) is 2.89. The van der Waals surface area contributed by atoms with Gasteiger partial charge in [0.1, 0.15) is 5.75 Å². The van der Waals surface area contributed by atoms with Gasteiger partial charge in [-0.3, -0.25) is 4.98 Å². The largest absolute Gasteiger partial charge is 0.493 e. The van der Waals surface area contributed by atoms with Crippen molar-refractivity contribution in [2.45, 2.75) is 38.0 Å². The van der Waals surface area contributed by atoms with Crippen LogP contribution in [0, 0.1) is 5.82 Å². The zero-order valence-corrected chi connectivity index (χ0v) is 19.5. The minimum Gasteiger partial charge on any atom is -0.493 e. The molecule has 1 aliphatic carbocycles. The zero-order valence-electron chi connectivity index (χ0n) is 19.5. The molecule has 0 spiro atoms. The summed E-state index contributed by atoms with van der Waals surface area (Å²) in [5.74, 6) is 2.02. The predicted octanol–water partition coefficient (Wildman–Crippen LogP) is 7.90. The number of pyridine rings is 1. The van der Waals surface area contributed by atoms with E-state index in [-0.39, 0.29) is 5.75 Å². The third kappa shape index (κ3) is 4.30. The highest BCUT2D eigenvalue weighted by atomic mass is 19.1. The van der Waals surface area contributed by atoms with Crippen molar-refractivity contribution in [1.82, 2.24) is 4.98 Å². The third-order valence-corrected chi connectivity index (χ3v) is 6.68. The highest BCUT2D eigenvalue weighted by Crippen LogP contribution is 2.41. The molecule has 0 amide bonds. The molecule has 1 heterocycles. The molecular formula is C29H28FNO3. The van der Waals surface area contributed by atoms with Crippen LogP contribution < -0.4 is 14.2 Å². The van der Waals surface area contributed by atoms with Crippen LogP contribution in [-0.4, -0.2) is 19.2 Å². The van der Waals surface area contributed by atoms with Gasteiger partial charge in [-0.15, -0.1) is 0 Å². The molecule has 4 nitrogen and oxygen atoms in total. The Bertz CT molecular complexity index is 1300. The second kappa shape index (κ2) is 9.72. The normalized spacial score (nSPS) is 14.2. The van der Waals surface area contributed by atoms with Crippen LogP contribution in [0.2, 0.25) is 0 Å². The van der Waals surface area contributed by atoms with Gasteiger partial charge < -0.3 is 14.2 Å². The molecule has 1 fully saturated rings. The molecule has 0 radical (unpaired) electrons. The number of hydrogen-bond donors (Lipinski definition) is 0. The minimum absolute atomic E-state index is 0.190. The number of halogens is 1. The number of nitrogens with zero attached hydrogens (tertiary/aromatic N) is 1. The molecule has 0 bridgehead atoms. The Hall–Kier alpha value is -3.60. The van der Waals surface area contributed by atoms with E-state index in [1.54, 1.807) is 44.7 Å². The Labute approximate surface area is 199 Å². The molecule has 174 valence electrons. The molecule has 0 unspecified atom stereocenters. The van der Waals surface area contributed by atoms with Crippen LogP contribution in [-0.2, 0) is 0 Å². The van der Waals surface area contributed by atoms with E-state index in [0.29, 0.717) is 39.6 Å². The Morgan fingerprint density at radius 3 is 2.29 bits per heavy atom. The summed E-state index contributed by atoms with van der Waals surface area (Å²) < 4.78 is 32.1. The molecule has 0 saturated heterocycles. The van der Waals surface area contributed by atoms with Crippen molar-refractivity contribution in [2.24, 2.45) is 0 Å². The standard InChI is InChI=1S/C29H28FNO3/c1-32-27-17-23-25(18-28(27)33-2)31-16-15-26(23)34-29-22(9-6-10-24(29)30)21-13-11-20(12-14-21)19-7-4-3-5-8-19/h6,9-19H,3-5,7-8H2,1-2H3. The van der Waals surface area contributed by atoms with Crippen molar-refractivity contribution >= 4 is 10.9 Å². The number of rotatable bonds is 6. The van der Waals surface area contributed by atoms with Gasteiger partial charge in [0.15, 0.2) is 23.1 Å². The first kappa shape index (κ1) is 22.2. The second-order valence-corrected chi connectivity index (χ2v) is 8.71. The summed E-state index contributed by atoms with van der Waals surface area (Å²) in [7, 11) is 3.15. The fourth-order valence-electron chi connectivity index (χ4n) is 4.86. The lowest BCUT2D eigenvalue weighted by atomic mass is 9.83. The van der Waals surface area contributed by atoms with E-state index in [9.17, 15) is 0 Å². The number of fused-ring (bicyclic) bond motifs is 1. The van der Waals surface area contributed by atoms with E-state index >= 15 is 4.39 Å². The molecule has 34 heavy (non-hydrogen) atoms. The third-order valence-electron chi connectivity index (χ3n) is 6.68. The van der Waals surface area contributed by atoms with Crippen LogP contribution in [0.3, 0.4) is 0 Å². The Kier molecular flexibility index (Phi) is 6.35. The predicted molar refractivity (Wildman–Crippen MR) is 133 cm³/mol. The molecule has 0 atom stereocenters. The summed E-state index contributed by atoms with van der Waals surface area (Å²) in [6.45, 7) is 0. The Balaban J connectivity index is 1.52. The first-order valence-corrected chi connectivity index (χ1v) is 11.8. The average molecular weight is 458 g/mol. The van der Waals surface area contributed by atoms with Crippen LogP contribution in [0.5, 0.6) is 23.0 Å². The van der Waals surface area contributed by atoms with Crippen molar-refractivity contribution < 1.29 is 18.6 Å². The van der Waals surface area contributed by atoms with Crippen LogP contribution in [0.4, 0.5) is 4.39 Å². The summed E-state index contributed by atoms with van der Waals surface area (Å²) in [6.07, 6.45) is 8.06. The summed E-state index contributed by atoms with van der Waals surface area (Å²) in [4.78, 5) is 4.42. The number of methoxy groups -OCH3 is 2. The van der Waals surface area contributed by atoms with Crippen molar-refractivity contribution in [3.8, 4) is 34.1 Å². The quantitative estimate of drug-likeness (QED) is 0.295. The van der Waals surface area contributed by atoms with E-state index in [4.69, 9.17) is 14.2 Å². The maximum atomic E-state index is 15.1. The van der Waals surface area contributed by atoms with Crippen molar-refractivity contribution in [3.05, 3.63) is 78.2 Å². The first-order valence-electron chi connectivity index (χ1n) is 11.8. The van der Waals surface area contributed by atoms with Crippen LogP contribution >= 0.6 is 0 Å². The van der Waals surface area contributed by atoms with Gasteiger partial charge in [-0.25, -0.2) is 4.39 Å². The summed E-state index contributed by atoms with van der Waals surface area (Å²) >= 11 is 0. The molecule has 0 aliphatic heterocycles. The lowest BCUT2D eigenvalue weighted by Crippen LogP contribution is -2.04. The Morgan fingerprint density at radius 1 is 0.824 bits per heavy atom. The zero-order chi connectivity index (χ0) is 23.5. The lowest BCUT2D eigenvalue weighted by molar-refractivity contribution is 0.355. The fraction of sp³-hybridized carbons (Fsp3) is 0.276. The molecule has 1 aliphatic rings. The van der Waals surface area contributed by atoms with Gasteiger partial charge in [-0.05, 0) is 48.1 Å². The van der Waals surface area contributed by atoms with Crippen molar-refractivity contribution in [2.75, 3.05) is 14.2 Å². The van der Waals surface area contributed by atoms with Crippen LogP contribution in [0.15, 0.2) is 66.9 Å². The smallest absolute Gasteiger partial charge is 0.170 e. The lowest BCUT2D eigenvalue weighted by Gasteiger charge is -2.22. The second-order valence-electron chi connectivity index (χ2n) is 8.71. The van der Waals surface area contributed by atoms with E-state index in [0.717, 1.165) is 5.56 Å². The van der Waals surface area contributed by atoms with Gasteiger partial charge in [0.25, 0.3) is 0 Å². The van der Waals surface area contributed by atoms with E-state index in [2.05, 4.69) is 29.2 Å². The van der Waals surface area contributed by atoms with Gasteiger partial charge in [-0.2, -0.15) is 0 Å². The molecular weight excluding hydrogens is 429 g/mol. The van der Waals surface area contributed by atoms with E-state index in [1.807, 2.05) is 6.07 Å². The highest BCUT2D eigenvalue weighted by molar-refractivity contribution is 5.88. The van der Waals surface area contributed by atoms with Gasteiger partial charge in [0.05, 0.1) is 19.7 Å². The van der Waals surface area contributed by atoms with Crippen LogP contribution in [0.25, 0.3) is 22.0 Å². The maximum absolute atomic E-state index is 15.1. The summed E-state index contributed by atoms with van der Waals surface area (Å²) in [5, 5.41) is 0.710. The first-order chi connectivity index (χ1) is 16.7. The Morgan fingerprint density at radius 2 is 1.56 bits per heavy atom. The number of hydrogen-bond acceptors (Lipinski definition) is 4. The number of para-hydroxylation sites is 1. The fourth-order valence-corrected chi connectivity index (χ4v) is 4.86. The SMILES string of the molecule is COc1cc2nccc(Oc3c(F)cccc3-c3ccc(C4CCCCC4)cc3)c2cc1OC. The van der Waals surface area contributed by atoms with Crippen molar-refractivity contribution in [3.63, 3.8) is 0 Å². The molecule has 5 rings (SSSR count). The number of benzene rings is 3. The van der Waals surface area contributed by atoms with Crippen molar-refractivity contribution in [1.29, 1.82) is 0 Å². The van der Waals surface area contributed by atoms with Gasteiger partial charge in [-0.1, -0.05) is 55.7 Å². The van der Waals surface area contributed by atoms with Crippen LogP contribution in [0.1, 0.15) is 43.6 Å². The monoisotopic (exact) mass is 457 g/mol. The molecule has 0 N–H and O–H groups in total. The minimum atomic E-state index is -0.417. The number of ether oxygens (including phenoxy) is 3.